The van der Waals surface area contributed by atoms with Crippen LogP contribution in [0.25, 0.3) is 44.4 Å². The van der Waals surface area contributed by atoms with Gasteiger partial charge < -0.3 is 14.2 Å². The second-order valence-electron chi connectivity index (χ2n) is 19.1. The number of carbonyl (C=O) groups is 1. The molecule has 1 saturated heterocycles. The molecule has 17 heteroatoms. The predicted molar refractivity (Wildman–Crippen MR) is 242 cm³/mol. The van der Waals surface area contributed by atoms with Crippen molar-refractivity contribution in [3.05, 3.63) is 134 Å². The number of aryl methyl sites for hydroxylation is 4. The van der Waals surface area contributed by atoms with Crippen molar-refractivity contribution >= 4 is 27.7 Å². The minimum absolute atomic E-state index is 0.00393. The Morgan fingerprint density at radius 3 is 2.38 bits per heavy atom. The number of fused-ring (bicyclic) bond motifs is 3. The van der Waals surface area contributed by atoms with Crippen LogP contribution in [-0.4, -0.2) is 73.0 Å². The van der Waals surface area contributed by atoms with Gasteiger partial charge in [0, 0.05) is 55.6 Å². The van der Waals surface area contributed by atoms with Gasteiger partial charge in [-0.2, -0.15) is 10.2 Å². The number of ether oxygens (including phenoxy) is 1. The van der Waals surface area contributed by atoms with Crippen LogP contribution in [0.5, 0.6) is 0 Å². The molecule has 66 heavy (non-hydrogen) atoms. The molecule has 0 spiro atoms. The number of nitrogens with one attached hydrogen (secondary N) is 1. The van der Waals surface area contributed by atoms with E-state index in [0.29, 0.717) is 83.3 Å². The summed E-state index contributed by atoms with van der Waals surface area (Å²) in [7, 11) is 1.72. The molecule has 3 aliphatic rings. The number of H-pyrrole nitrogens is 1. The Morgan fingerprint density at radius 2 is 1.67 bits per heavy atom. The van der Waals surface area contributed by atoms with E-state index in [9.17, 15) is 9.59 Å². The summed E-state index contributed by atoms with van der Waals surface area (Å²) in [6.07, 6.45) is 7.39. The molecule has 0 unspecified atom stereocenters. The van der Waals surface area contributed by atoms with E-state index in [1.54, 1.807) is 56.0 Å². The SMILES string of the molecule is Cc1cc(-c2nn3c(c2-n2ccn(-c4ccc5c(cnn5C)c4F)c2=O)[C@H](C)N(C(=O)c2cc4cc([C@H]5CCOC(C)(C)C5)ccc4n2[C@@]2(c4noc(=O)[nH]4)C[C@@H]2C)CCC3)cc(C)c1F. The molecular weight excluding hydrogens is 847 g/mol. The predicted octanol–water partition coefficient (Wildman–Crippen LogP) is 7.97. The van der Waals surface area contributed by atoms with E-state index in [1.807, 2.05) is 27.1 Å². The highest BCUT2D eigenvalue weighted by atomic mass is 19.1. The van der Waals surface area contributed by atoms with Crippen LogP contribution in [0.1, 0.15) is 104 Å². The smallest absolute Gasteiger partial charge is 0.376 e. The first kappa shape index (κ1) is 41.8. The molecule has 0 radical (unpaired) electrons. The first-order chi connectivity index (χ1) is 31.6. The van der Waals surface area contributed by atoms with Crippen LogP contribution in [0.3, 0.4) is 0 Å². The quantitative estimate of drug-likeness (QED) is 0.169. The molecule has 11 rings (SSSR count). The minimum atomic E-state index is -0.862. The maximum atomic E-state index is 16.2. The Morgan fingerprint density at radius 1 is 0.924 bits per heavy atom. The molecule has 1 aliphatic carbocycles. The molecule has 8 aromatic rings. The molecule has 2 aliphatic heterocycles. The number of hydrogen-bond donors (Lipinski definition) is 1. The summed E-state index contributed by atoms with van der Waals surface area (Å²) in [6.45, 7) is 13.0. The Kier molecular flexibility index (Phi) is 9.39. The maximum Gasteiger partial charge on any atom is 0.438 e. The Bertz CT molecular complexity index is 3390. The summed E-state index contributed by atoms with van der Waals surface area (Å²) in [6, 6.07) is 14.3. The van der Waals surface area contributed by atoms with E-state index in [-0.39, 0.29) is 40.2 Å². The second kappa shape index (κ2) is 14.8. The number of aromatic nitrogens is 9. The molecule has 1 saturated carbocycles. The van der Waals surface area contributed by atoms with Crippen molar-refractivity contribution < 1.29 is 22.8 Å². The molecule has 5 aromatic heterocycles. The molecular formula is C49H50F2N10O5. The van der Waals surface area contributed by atoms with Crippen molar-refractivity contribution in [1.82, 2.24) is 48.3 Å². The third kappa shape index (κ3) is 6.29. The van der Waals surface area contributed by atoms with Crippen LogP contribution in [0.2, 0.25) is 0 Å². The summed E-state index contributed by atoms with van der Waals surface area (Å²) in [5.41, 5.74) is 4.14. The van der Waals surface area contributed by atoms with Crippen molar-refractivity contribution in [1.29, 1.82) is 0 Å². The van der Waals surface area contributed by atoms with Gasteiger partial charge >= 0.3 is 11.4 Å². The third-order valence-corrected chi connectivity index (χ3v) is 14.4. The van der Waals surface area contributed by atoms with Gasteiger partial charge in [-0.1, -0.05) is 18.1 Å². The first-order valence-electron chi connectivity index (χ1n) is 22.5. The zero-order valence-corrected chi connectivity index (χ0v) is 37.9. The highest BCUT2D eigenvalue weighted by Gasteiger charge is 2.59. The van der Waals surface area contributed by atoms with E-state index in [4.69, 9.17) is 14.4 Å². The van der Waals surface area contributed by atoms with E-state index in [2.05, 4.69) is 54.2 Å². The largest absolute Gasteiger partial charge is 0.438 e. The van der Waals surface area contributed by atoms with Gasteiger partial charge in [0.2, 0.25) is 0 Å². The van der Waals surface area contributed by atoms with Crippen molar-refractivity contribution in [3.63, 3.8) is 0 Å². The molecule has 340 valence electrons. The summed E-state index contributed by atoms with van der Waals surface area (Å²) in [5, 5.41) is 14.7. The monoisotopic (exact) mass is 896 g/mol. The number of carbonyl (C=O) groups excluding carboxylic acids is 1. The Hall–Kier alpha value is -6.88. The van der Waals surface area contributed by atoms with Crippen molar-refractivity contribution in [2.45, 2.75) is 96.9 Å². The first-order valence-corrected chi connectivity index (χ1v) is 22.5. The van der Waals surface area contributed by atoms with Gasteiger partial charge in [0.15, 0.2) is 11.6 Å². The van der Waals surface area contributed by atoms with E-state index < -0.39 is 28.8 Å². The van der Waals surface area contributed by atoms with Crippen LogP contribution in [-0.2, 0) is 23.9 Å². The zero-order chi connectivity index (χ0) is 46.1. The number of imidazole rings is 1. The van der Waals surface area contributed by atoms with E-state index in [1.165, 1.54) is 21.5 Å². The van der Waals surface area contributed by atoms with Crippen molar-refractivity contribution in [3.8, 4) is 22.6 Å². The molecule has 0 bridgehead atoms. The highest BCUT2D eigenvalue weighted by molar-refractivity contribution is 6.00. The molecule has 15 nitrogen and oxygen atoms in total. The average Bonchev–Trinajstić information content (AvgIpc) is 3.87. The van der Waals surface area contributed by atoms with Gasteiger partial charge in [-0.25, -0.2) is 18.4 Å². The lowest BCUT2D eigenvalue weighted by Crippen LogP contribution is -2.37. The number of rotatable bonds is 7. The van der Waals surface area contributed by atoms with Crippen molar-refractivity contribution in [2.24, 2.45) is 13.0 Å². The lowest BCUT2D eigenvalue weighted by atomic mass is 9.83. The topological polar surface area (TPSA) is 156 Å². The van der Waals surface area contributed by atoms with Crippen LogP contribution in [0, 0.1) is 31.4 Å². The van der Waals surface area contributed by atoms with E-state index >= 15 is 13.6 Å². The minimum Gasteiger partial charge on any atom is -0.376 e. The Labute approximate surface area is 377 Å². The molecule has 7 heterocycles. The highest BCUT2D eigenvalue weighted by Crippen LogP contribution is 2.56. The fourth-order valence-corrected chi connectivity index (χ4v) is 11.0. The van der Waals surface area contributed by atoms with Gasteiger partial charge in [0.1, 0.15) is 28.4 Å². The molecule has 1 amide bonds. The fourth-order valence-electron chi connectivity index (χ4n) is 11.0. The standard InChI is InChI=1S/C49H50F2N10O5/c1-26-19-33(20-27(2)39(26)50)41-43(59-17-16-58(47(59)64)37-12-11-36-34(40(37)51)25-52-56(36)7)42-29(4)57(14-8-15-60(42)54-41)44(62)38-22-32-21-30(31-13-18-65-48(5,6)24-31)9-10-35(32)61(38)49(23-28(49)3)45-53-46(63)66-55-45/h9-12,16-17,19-22,25,28-29,31H,8,13-15,18,23-24H2,1-7H3,(H,53,55,63)/t28-,29-,31-,49-/m0/s1. The maximum absolute atomic E-state index is 16.2. The van der Waals surface area contributed by atoms with Crippen LogP contribution in [0.15, 0.2) is 81.2 Å². The number of aromatic amines is 1. The van der Waals surface area contributed by atoms with Gasteiger partial charge in [0.05, 0.1) is 40.1 Å². The lowest BCUT2D eigenvalue weighted by Gasteiger charge is -2.35. The summed E-state index contributed by atoms with van der Waals surface area (Å²) in [5.74, 6) is -1.26. The number of halogens is 2. The third-order valence-electron chi connectivity index (χ3n) is 14.4. The second-order valence-corrected chi connectivity index (χ2v) is 19.1. The summed E-state index contributed by atoms with van der Waals surface area (Å²) in [4.78, 5) is 47.5. The van der Waals surface area contributed by atoms with Gasteiger partial charge in [-0.3, -0.25) is 32.8 Å². The molecule has 2 fully saturated rings. The van der Waals surface area contributed by atoms with E-state index in [0.717, 1.165) is 29.3 Å². The number of amides is 1. The Balaban J connectivity index is 1.07. The molecule has 4 atom stereocenters. The van der Waals surface area contributed by atoms with Gasteiger partial charge in [-0.05, 0) is 131 Å². The molecule has 3 aromatic carbocycles. The summed E-state index contributed by atoms with van der Waals surface area (Å²) < 4.78 is 50.6. The molecule has 1 N–H and O–H groups in total. The van der Waals surface area contributed by atoms with Crippen LogP contribution >= 0.6 is 0 Å². The van der Waals surface area contributed by atoms with Gasteiger partial charge in [0.25, 0.3) is 5.91 Å². The number of benzene rings is 3. The van der Waals surface area contributed by atoms with Gasteiger partial charge in [-0.15, -0.1) is 0 Å². The van der Waals surface area contributed by atoms with Crippen LogP contribution < -0.4 is 11.4 Å². The van der Waals surface area contributed by atoms with Crippen LogP contribution in [0.4, 0.5) is 8.78 Å². The van der Waals surface area contributed by atoms with Crippen molar-refractivity contribution in [2.75, 3.05) is 13.2 Å². The lowest BCUT2D eigenvalue weighted by molar-refractivity contribution is -0.0592. The average molecular weight is 897 g/mol. The number of hydrogen-bond acceptors (Lipinski definition) is 8. The summed E-state index contributed by atoms with van der Waals surface area (Å²) >= 11 is 0. The zero-order valence-electron chi connectivity index (χ0n) is 37.9. The number of nitrogens with zero attached hydrogens (tertiary/aromatic N) is 9. The fraction of sp³-hybridized carbons (Fsp3) is 0.388. The normalized spacial score (nSPS) is 21.7.